The van der Waals surface area contributed by atoms with Gasteiger partial charge in [0.1, 0.15) is 5.75 Å². The van der Waals surface area contributed by atoms with Gasteiger partial charge in [-0.25, -0.2) is 0 Å². The van der Waals surface area contributed by atoms with E-state index < -0.39 is 18.3 Å². The fourth-order valence-electron chi connectivity index (χ4n) is 2.64. The van der Waals surface area contributed by atoms with Gasteiger partial charge in [0, 0.05) is 5.82 Å². The molecule has 23 heavy (non-hydrogen) atoms. The van der Waals surface area contributed by atoms with Crippen LogP contribution < -0.4 is 4.74 Å². The standard InChI is InChI=1S/C17H25BO5/c1-16(2)17(3,4)23-18(22-16)13(11-15(19)21-6)12-9-7-8-10-14(12)20-5/h7-10,13H,11H2,1-6H3. The van der Waals surface area contributed by atoms with Crippen molar-refractivity contribution in [3.8, 4) is 5.75 Å². The zero-order valence-electron chi connectivity index (χ0n) is 14.7. The number of esters is 1. The van der Waals surface area contributed by atoms with Gasteiger partial charge in [0.25, 0.3) is 0 Å². The SMILES string of the molecule is COC(=O)CC(B1OC(C)(C)C(C)(C)O1)c1ccccc1OC. The number of ether oxygens (including phenoxy) is 2. The molecule has 1 aromatic rings. The summed E-state index contributed by atoms with van der Waals surface area (Å²) in [5.74, 6) is 0.0892. The van der Waals surface area contributed by atoms with Gasteiger partial charge in [0.15, 0.2) is 0 Å². The summed E-state index contributed by atoms with van der Waals surface area (Å²) in [7, 11) is 2.44. The molecule has 1 unspecified atom stereocenters. The van der Waals surface area contributed by atoms with E-state index in [0.29, 0.717) is 5.75 Å². The summed E-state index contributed by atoms with van der Waals surface area (Å²) < 4.78 is 22.6. The normalized spacial score (nSPS) is 20.2. The van der Waals surface area contributed by atoms with E-state index >= 15 is 0 Å². The van der Waals surface area contributed by atoms with Crippen molar-refractivity contribution in [2.24, 2.45) is 0 Å². The number of carbonyl (C=O) groups is 1. The second-order valence-electron chi connectivity index (χ2n) is 6.75. The van der Waals surface area contributed by atoms with Crippen molar-refractivity contribution in [1.82, 2.24) is 0 Å². The molecule has 1 atom stereocenters. The van der Waals surface area contributed by atoms with Gasteiger partial charge in [-0.15, -0.1) is 0 Å². The average molecular weight is 320 g/mol. The van der Waals surface area contributed by atoms with Crippen LogP contribution in [-0.2, 0) is 18.8 Å². The van der Waals surface area contributed by atoms with Gasteiger partial charge >= 0.3 is 13.1 Å². The second kappa shape index (κ2) is 6.53. The maximum Gasteiger partial charge on any atom is 0.466 e. The first-order chi connectivity index (χ1) is 10.7. The Labute approximate surface area is 138 Å². The maximum atomic E-state index is 11.9. The highest BCUT2D eigenvalue weighted by Crippen LogP contribution is 2.43. The van der Waals surface area contributed by atoms with E-state index in [4.69, 9.17) is 18.8 Å². The van der Waals surface area contributed by atoms with Crippen LogP contribution in [0.2, 0.25) is 0 Å². The van der Waals surface area contributed by atoms with E-state index in [0.717, 1.165) is 5.56 Å². The van der Waals surface area contributed by atoms with Crippen LogP contribution in [0.3, 0.4) is 0 Å². The van der Waals surface area contributed by atoms with E-state index in [1.165, 1.54) is 7.11 Å². The van der Waals surface area contributed by atoms with E-state index in [-0.39, 0.29) is 18.2 Å². The molecule has 0 spiro atoms. The smallest absolute Gasteiger partial charge is 0.466 e. The minimum absolute atomic E-state index is 0.160. The fourth-order valence-corrected chi connectivity index (χ4v) is 2.64. The highest BCUT2D eigenvalue weighted by atomic mass is 16.7. The Morgan fingerprint density at radius 3 is 2.22 bits per heavy atom. The lowest BCUT2D eigenvalue weighted by molar-refractivity contribution is -0.140. The Balaban J connectivity index is 2.38. The van der Waals surface area contributed by atoms with Gasteiger partial charge in [-0.2, -0.15) is 0 Å². The van der Waals surface area contributed by atoms with Crippen LogP contribution in [-0.4, -0.2) is 38.5 Å². The molecule has 1 aromatic carbocycles. The second-order valence-corrected chi connectivity index (χ2v) is 6.75. The van der Waals surface area contributed by atoms with Gasteiger partial charge < -0.3 is 18.8 Å². The topological polar surface area (TPSA) is 54.0 Å². The quantitative estimate of drug-likeness (QED) is 0.617. The minimum Gasteiger partial charge on any atom is -0.496 e. The zero-order chi connectivity index (χ0) is 17.3. The number of hydrogen-bond acceptors (Lipinski definition) is 5. The van der Waals surface area contributed by atoms with E-state index in [9.17, 15) is 4.79 Å². The Kier molecular flexibility index (Phi) is 5.06. The van der Waals surface area contributed by atoms with Crippen molar-refractivity contribution in [3.05, 3.63) is 29.8 Å². The monoisotopic (exact) mass is 320 g/mol. The summed E-state index contributed by atoms with van der Waals surface area (Å²) >= 11 is 0. The van der Waals surface area contributed by atoms with Crippen LogP contribution in [0, 0.1) is 0 Å². The third kappa shape index (κ3) is 3.53. The predicted octanol–water partition coefficient (Wildman–Crippen LogP) is 2.97. The molecular formula is C17H25BO5. The molecule has 1 aliphatic rings. The van der Waals surface area contributed by atoms with Gasteiger partial charge in [-0.1, -0.05) is 18.2 Å². The summed E-state index contributed by atoms with van der Waals surface area (Å²) in [6.07, 6.45) is 0.160. The molecule has 0 bridgehead atoms. The number of benzene rings is 1. The van der Waals surface area contributed by atoms with Crippen molar-refractivity contribution >= 4 is 13.1 Å². The fraction of sp³-hybridized carbons (Fsp3) is 0.588. The molecule has 1 aliphatic heterocycles. The molecule has 0 N–H and O–H groups in total. The Hall–Kier alpha value is -1.53. The molecule has 1 heterocycles. The lowest BCUT2D eigenvalue weighted by Gasteiger charge is -2.32. The number of hydrogen-bond donors (Lipinski definition) is 0. The average Bonchev–Trinajstić information content (AvgIpc) is 2.72. The Morgan fingerprint density at radius 2 is 1.70 bits per heavy atom. The first-order valence-corrected chi connectivity index (χ1v) is 7.77. The van der Waals surface area contributed by atoms with Crippen molar-refractivity contribution in [1.29, 1.82) is 0 Å². The lowest BCUT2D eigenvalue weighted by atomic mass is 9.66. The molecule has 0 radical (unpaired) electrons. The Morgan fingerprint density at radius 1 is 1.13 bits per heavy atom. The lowest BCUT2D eigenvalue weighted by Crippen LogP contribution is -2.41. The summed E-state index contributed by atoms with van der Waals surface area (Å²) in [5, 5.41) is 0. The summed E-state index contributed by atoms with van der Waals surface area (Å²) in [6.45, 7) is 7.96. The molecule has 0 saturated carbocycles. The molecular weight excluding hydrogens is 295 g/mol. The highest BCUT2D eigenvalue weighted by Gasteiger charge is 2.54. The Bertz CT molecular complexity index is 554. The molecule has 5 nitrogen and oxygen atoms in total. The van der Waals surface area contributed by atoms with Crippen molar-refractivity contribution in [3.63, 3.8) is 0 Å². The van der Waals surface area contributed by atoms with Crippen molar-refractivity contribution in [2.45, 2.75) is 51.1 Å². The predicted molar refractivity (Wildman–Crippen MR) is 88.5 cm³/mol. The number of rotatable bonds is 5. The third-order valence-electron chi connectivity index (χ3n) is 4.75. The van der Waals surface area contributed by atoms with Crippen LogP contribution in [0.4, 0.5) is 0 Å². The highest BCUT2D eigenvalue weighted by molar-refractivity contribution is 6.48. The zero-order valence-corrected chi connectivity index (χ0v) is 14.7. The van der Waals surface area contributed by atoms with Crippen LogP contribution in [0.5, 0.6) is 5.75 Å². The summed E-state index contributed by atoms with van der Waals surface area (Å²) in [5.41, 5.74) is -0.0545. The molecule has 1 fully saturated rings. The van der Waals surface area contributed by atoms with Crippen LogP contribution in [0.1, 0.15) is 45.5 Å². The minimum atomic E-state index is -0.546. The largest absolute Gasteiger partial charge is 0.496 e. The van der Waals surface area contributed by atoms with Crippen LogP contribution in [0.15, 0.2) is 24.3 Å². The van der Waals surface area contributed by atoms with Gasteiger partial charge in [0.05, 0.1) is 31.8 Å². The van der Waals surface area contributed by atoms with Gasteiger partial charge in [-0.3, -0.25) is 4.79 Å². The van der Waals surface area contributed by atoms with E-state index in [1.54, 1.807) is 7.11 Å². The van der Waals surface area contributed by atoms with Crippen LogP contribution in [0.25, 0.3) is 0 Å². The third-order valence-corrected chi connectivity index (χ3v) is 4.75. The van der Waals surface area contributed by atoms with Gasteiger partial charge in [0.2, 0.25) is 0 Å². The number of carbonyl (C=O) groups excluding carboxylic acids is 1. The first-order valence-electron chi connectivity index (χ1n) is 7.77. The number of para-hydroxylation sites is 1. The summed E-state index contributed by atoms with van der Waals surface area (Å²) in [4.78, 5) is 11.9. The van der Waals surface area contributed by atoms with Gasteiger partial charge in [-0.05, 0) is 39.3 Å². The summed E-state index contributed by atoms with van der Waals surface area (Å²) in [6, 6.07) is 7.59. The molecule has 0 amide bonds. The maximum absolute atomic E-state index is 11.9. The number of methoxy groups -OCH3 is 2. The molecule has 0 aliphatic carbocycles. The molecule has 126 valence electrons. The van der Waals surface area contributed by atoms with Crippen molar-refractivity contribution in [2.75, 3.05) is 14.2 Å². The molecule has 2 rings (SSSR count). The molecule has 6 heteroatoms. The van der Waals surface area contributed by atoms with Crippen LogP contribution >= 0.6 is 0 Å². The molecule has 0 aromatic heterocycles. The first kappa shape index (κ1) is 17.8. The van der Waals surface area contributed by atoms with Crippen molar-refractivity contribution < 1.29 is 23.6 Å². The molecule has 1 saturated heterocycles. The van der Waals surface area contributed by atoms with E-state index in [2.05, 4.69) is 0 Å². The van der Waals surface area contributed by atoms with E-state index in [1.807, 2.05) is 52.0 Å².